The van der Waals surface area contributed by atoms with E-state index in [2.05, 4.69) is 10.0 Å². The number of hydrogen-bond acceptors (Lipinski definition) is 5. The Balaban J connectivity index is 1.92. The van der Waals surface area contributed by atoms with Crippen molar-refractivity contribution in [1.29, 1.82) is 5.26 Å². The van der Waals surface area contributed by atoms with Gasteiger partial charge in [-0.15, -0.1) is 0 Å². The Hall–Kier alpha value is -3.22. The van der Waals surface area contributed by atoms with Crippen molar-refractivity contribution in [2.24, 2.45) is 0 Å². The van der Waals surface area contributed by atoms with E-state index in [9.17, 15) is 18.0 Å². The van der Waals surface area contributed by atoms with Crippen LogP contribution in [0.25, 0.3) is 0 Å². The number of anilines is 1. The number of carbonyl (C=O) groups is 2. The van der Waals surface area contributed by atoms with Crippen molar-refractivity contribution in [3.8, 4) is 6.07 Å². The van der Waals surface area contributed by atoms with Crippen LogP contribution in [0.1, 0.15) is 11.1 Å². The lowest BCUT2D eigenvalue weighted by Crippen LogP contribution is -2.41. The second kappa shape index (κ2) is 9.12. The van der Waals surface area contributed by atoms with Crippen LogP contribution in [0.2, 0.25) is 0 Å². The summed E-state index contributed by atoms with van der Waals surface area (Å²) in [4.78, 5) is 25.1. The molecule has 0 spiro atoms. The number of benzene rings is 2. The summed E-state index contributed by atoms with van der Waals surface area (Å²) in [5.41, 5.74) is 1.63. The van der Waals surface area contributed by atoms with Gasteiger partial charge in [-0.2, -0.15) is 5.26 Å². The Labute approximate surface area is 163 Å². The molecule has 2 amide bonds. The summed E-state index contributed by atoms with van der Waals surface area (Å²) in [5, 5.41) is 11.7. The Morgan fingerprint density at radius 1 is 1.11 bits per heavy atom. The van der Waals surface area contributed by atoms with Gasteiger partial charge >= 0.3 is 0 Å². The normalized spacial score (nSPS) is 10.8. The van der Waals surface area contributed by atoms with E-state index >= 15 is 0 Å². The number of rotatable bonds is 7. The molecule has 0 aliphatic carbocycles. The predicted octanol–water partition coefficient (Wildman–Crippen LogP) is 1.24. The third-order valence-corrected chi connectivity index (χ3v) is 5.31. The SMILES string of the molecule is Cc1ccc(NC(=O)CN(C)C(=O)CNS(=O)(=O)c2ccccc2C#N)cc1. The van der Waals surface area contributed by atoms with E-state index in [1.807, 2.05) is 19.1 Å². The lowest BCUT2D eigenvalue weighted by molar-refractivity contribution is -0.132. The highest BCUT2D eigenvalue weighted by atomic mass is 32.2. The number of nitriles is 1. The average molecular weight is 400 g/mol. The molecule has 28 heavy (non-hydrogen) atoms. The number of nitrogens with one attached hydrogen (secondary N) is 2. The summed E-state index contributed by atoms with van der Waals surface area (Å²) >= 11 is 0. The highest BCUT2D eigenvalue weighted by Crippen LogP contribution is 2.14. The van der Waals surface area contributed by atoms with Gasteiger partial charge in [0.25, 0.3) is 0 Å². The van der Waals surface area contributed by atoms with E-state index in [0.717, 1.165) is 10.5 Å². The Bertz CT molecular complexity index is 1010. The van der Waals surface area contributed by atoms with Crippen LogP contribution in [0.15, 0.2) is 53.4 Å². The summed E-state index contributed by atoms with van der Waals surface area (Å²) in [6.07, 6.45) is 0. The van der Waals surface area contributed by atoms with E-state index in [1.54, 1.807) is 24.3 Å². The summed E-state index contributed by atoms with van der Waals surface area (Å²) in [7, 11) is -2.64. The van der Waals surface area contributed by atoms with Gasteiger partial charge in [0.05, 0.1) is 23.5 Å². The smallest absolute Gasteiger partial charge is 0.243 e. The second-order valence-electron chi connectivity index (χ2n) is 6.10. The molecule has 2 aromatic carbocycles. The summed E-state index contributed by atoms with van der Waals surface area (Å²) in [6, 6.07) is 14.7. The van der Waals surface area contributed by atoms with Crippen molar-refractivity contribution in [1.82, 2.24) is 9.62 Å². The fraction of sp³-hybridized carbons (Fsp3) is 0.211. The maximum atomic E-state index is 12.3. The molecule has 0 bridgehead atoms. The standard InChI is InChI=1S/C19H20N4O4S/c1-14-7-9-16(10-8-14)22-18(24)13-23(2)19(25)12-21-28(26,27)17-6-4-3-5-15(17)11-20/h3-10,21H,12-13H2,1-2H3,(H,22,24). The molecular weight excluding hydrogens is 380 g/mol. The topological polar surface area (TPSA) is 119 Å². The van der Waals surface area contributed by atoms with Gasteiger partial charge in [0.1, 0.15) is 6.07 Å². The number of nitrogens with zero attached hydrogens (tertiary/aromatic N) is 2. The van der Waals surface area contributed by atoms with E-state index in [0.29, 0.717) is 5.69 Å². The molecule has 0 atom stereocenters. The van der Waals surface area contributed by atoms with Crippen LogP contribution in [0.4, 0.5) is 5.69 Å². The molecule has 2 rings (SSSR count). The molecule has 2 N–H and O–H groups in total. The van der Waals surface area contributed by atoms with Crippen molar-refractivity contribution in [2.75, 3.05) is 25.5 Å². The Morgan fingerprint density at radius 2 is 1.75 bits per heavy atom. The second-order valence-corrected chi connectivity index (χ2v) is 7.83. The van der Waals surface area contributed by atoms with E-state index in [1.165, 1.54) is 25.2 Å². The monoisotopic (exact) mass is 400 g/mol. The highest BCUT2D eigenvalue weighted by molar-refractivity contribution is 7.89. The van der Waals surface area contributed by atoms with Crippen LogP contribution in [0.5, 0.6) is 0 Å². The largest absolute Gasteiger partial charge is 0.335 e. The third-order valence-electron chi connectivity index (χ3n) is 3.85. The Kier molecular flexibility index (Phi) is 6.87. The summed E-state index contributed by atoms with van der Waals surface area (Å²) < 4.78 is 26.8. The number of hydrogen-bond donors (Lipinski definition) is 2. The average Bonchev–Trinajstić information content (AvgIpc) is 2.67. The van der Waals surface area contributed by atoms with E-state index < -0.39 is 28.4 Å². The molecule has 2 aromatic rings. The molecule has 0 saturated carbocycles. The zero-order chi connectivity index (χ0) is 20.7. The van der Waals surface area contributed by atoms with Crippen LogP contribution in [-0.4, -0.2) is 45.3 Å². The van der Waals surface area contributed by atoms with Crippen molar-refractivity contribution in [3.05, 3.63) is 59.7 Å². The first-order chi connectivity index (χ1) is 13.2. The number of aryl methyl sites for hydroxylation is 1. The number of amides is 2. The van der Waals surface area contributed by atoms with Crippen LogP contribution in [-0.2, 0) is 19.6 Å². The Morgan fingerprint density at radius 3 is 2.39 bits per heavy atom. The number of carbonyl (C=O) groups excluding carboxylic acids is 2. The van der Waals surface area contributed by atoms with Crippen LogP contribution in [0, 0.1) is 18.3 Å². The molecule has 146 valence electrons. The zero-order valence-electron chi connectivity index (χ0n) is 15.5. The van der Waals surface area contributed by atoms with E-state index in [4.69, 9.17) is 5.26 Å². The molecule has 0 saturated heterocycles. The first kappa shape index (κ1) is 21.1. The molecule has 0 radical (unpaired) electrons. The van der Waals surface area contributed by atoms with Gasteiger partial charge in [-0.05, 0) is 31.2 Å². The van der Waals surface area contributed by atoms with Crippen molar-refractivity contribution in [3.63, 3.8) is 0 Å². The molecule has 0 fully saturated rings. The van der Waals surface area contributed by atoms with Gasteiger partial charge in [0, 0.05) is 12.7 Å². The summed E-state index contributed by atoms with van der Waals surface area (Å²) in [5.74, 6) is -0.991. The van der Waals surface area contributed by atoms with Gasteiger partial charge in [-0.1, -0.05) is 29.8 Å². The molecular formula is C19H20N4O4S. The lowest BCUT2D eigenvalue weighted by Gasteiger charge is -2.17. The molecule has 0 unspecified atom stereocenters. The molecule has 0 aromatic heterocycles. The van der Waals surface area contributed by atoms with Gasteiger partial charge in [-0.3, -0.25) is 9.59 Å². The zero-order valence-corrected chi connectivity index (χ0v) is 16.3. The minimum Gasteiger partial charge on any atom is -0.335 e. The summed E-state index contributed by atoms with van der Waals surface area (Å²) in [6.45, 7) is 1.16. The third kappa shape index (κ3) is 5.64. The van der Waals surface area contributed by atoms with Crippen molar-refractivity contribution < 1.29 is 18.0 Å². The molecule has 9 heteroatoms. The molecule has 0 aliphatic rings. The minimum absolute atomic E-state index is 0.0201. The number of sulfonamides is 1. The van der Waals surface area contributed by atoms with Crippen LogP contribution in [0.3, 0.4) is 0 Å². The van der Waals surface area contributed by atoms with E-state index in [-0.39, 0.29) is 17.0 Å². The highest BCUT2D eigenvalue weighted by Gasteiger charge is 2.21. The van der Waals surface area contributed by atoms with Gasteiger partial charge in [0.2, 0.25) is 21.8 Å². The predicted molar refractivity (Wildman–Crippen MR) is 104 cm³/mol. The van der Waals surface area contributed by atoms with Gasteiger partial charge in [-0.25, -0.2) is 13.1 Å². The molecule has 0 heterocycles. The number of likely N-dealkylation sites (N-methyl/N-ethyl adjacent to an activating group) is 1. The quantitative estimate of drug-likeness (QED) is 0.725. The fourth-order valence-corrected chi connectivity index (χ4v) is 3.43. The molecule has 0 aliphatic heterocycles. The van der Waals surface area contributed by atoms with Crippen LogP contribution >= 0.6 is 0 Å². The van der Waals surface area contributed by atoms with Crippen LogP contribution < -0.4 is 10.0 Å². The van der Waals surface area contributed by atoms with Gasteiger partial charge < -0.3 is 10.2 Å². The van der Waals surface area contributed by atoms with Crippen molar-refractivity contribution in [2.45, 2.75) is 11.8 Å². The fourth-order valence-electron chi connectivity index (χ4n) is 2.30. The maximum Gasteiger partial charge on any atom is 0.243 e. The lowest BCUT2D eigenvalue weighted by atomic mass is 10.2. The molecule has 8 nitrogen and oxygen atoms in total. The van der Waals surface area contributed by atoms with Gasteiger partial charge in [0.15, 0.2) is 0 Å². The van der Waals surface area contributed by atoms with Crippen molar-refractivity contribution >= 4 is 27.5 Å². The maximum absolute atomic E-state index is 12.3. The minimum atomic E-state index is -4.03. The first-order valence-corrected chi connectivity index (χ1v) is 9.80. The first-order valence-electron chi connectivity index (χ1n) is 8.32.